The van der Waals surface area contributed by atoms with Crippen LogP contribution >= 0.6 is 0 Å². The molecule has 0 bridgehead atoms. The molecule has 4 aliphatic rings. The third-order valence-electron chi connectivity index (χ3n) is 8.66. The van der Waals surface area contributed by atoms with Crippen molar-refractivity contribution in [2.75, 3.05) is 0 Å². The third-order valence-corrected chi connectivity index (χ3v) is 8.66. The number of carbonyl (C=O) groups is 2. The number of fused-ring (bicyclic) bond motifs is 5. The molecule has 6 heteroatoms. The Balaban J connectivity index is 1.82. The van der Waals surface area contributed by atoms with Crippen molar-refractivity contribution in [2.24, 2.45) is 28.6 Å². The summed E-state index contributed by atoms with van der Waals surface area (Å²) in [5.41, 5.74) is -3.73. The number of esters is 1. The normalized spacial score (nSPS) is 48.8. The number of allylic oxidation sites excluding steroid dienone is 4. The fourth-order valence-corrected chi connectivity index (χ4v) is 7.40. The first kappa shape index (κ1) is 20.7. The van der Waals surface area contributed by atoms with Crippen molar-refractivity contribution in [3.63, 3.8) is 0 Å². The molecule has 0 amide bonds. The van der Waals surface area contributed by atoms with Gasteiger partial charge in [-0.25, -0.2) is 8.78 Å². The van der Waals surface area contributed by atoms with Crippen LogP contribution in [0.1, 0.15) is 59.8 Å². The minimum absolute atomic E-state index is 0.0587. The minimum atomic E-state index is -2.07. The molecule has 0 aromatic carbocycles. The van der Waals surface area contributed by atoms with Crippen LogP contribution in [-0.2, 0) is 14.3 Å². The summed E-state index contributed by atoms with van der Waals surface area (Å²) in [6.45, 7) is 7.02. The van der Waals surface area contributed by atoms with Crippen LogP contribution in [0.4, 0.5) is 8.78 Å². The zero-order valence-corrected chi connectivity index (χ0v) is 17.5. The monoisotopic (exact) mass is 408 g/mol. The lowest BCUT2D eigenvalue weighted by atomic mass is 9.45. The summed E-state index contributed by atoms with van der Waals surface area (Å²) in [7, 11) is 0. The predicted octanol–water partition coefficient (Wildman–Crippen LogP) is 4.22. The van der Waals surface area contributed by atoms with Crippen LogP contribution in [0.3, 0.4) is 0 Å². The number of rotatable bonds is 2. The molecule has 160 valence electrons. The Hall–Kier alpha value is -1.56. The number of ether oxygens (including phenoxy) is 1. The van der Waals surface area contributed by atoms with E-state index >= 15 is 4.39 Å². The highest BCUT2D eigenvalue weighted by Crippen LogP contribution is 2.70. The Bertz CT molecular complexity index is 820. The molecule has 0 radical (unpaired) electrons. The topological polar surface area (TPSA) is 63.6 Å². The van der Waals surface area contributed by atoms with Crippen molar-refractivity contribution in [3.05, 3.63) is 23.6 Å². The van der Waals surface area contributed by atoms with Gasteiger partial charge in [-0.15, -0.1) is 0 Å². The second-order valence-corrected chi connectivity index (χ2v) is 9.76. The fraction of sp³-hybridized carbons (Fsp3) is 0.739. The van der Waals surface area contributed by atoms with Gasteiger partial charge < -0.3 is 9.84 Å². The molecule has 0 heterocycles. The summed E-state index contributed by atoms with van der Waals surface area (Å²) >= 11 is 0. The van der Waals surface area contributed by atoms with Gasteiger partial charge in [0, 0.05) is 23.7 Å². The van der Waals surface area contributed by atoms with Crippen molar-refractivity contribution in [1.29, 1.82) is 0 Å². The van der Waals surface area contributed by atoms with Crippen LogP contribution in [0, 0.1) is 28.6 Å². The molecular formula is C23H30F2O4. The first-order valence-corrected chi connectivity index (χ1v) is 10.7. The zero-order chi connectivity index (χ0) is 21.4. The number of hydrogen-bond donors (Lipinski definition) is 1. The van der Waals surface area contributed by atoms with Crippen molar-refractivity contribution in [3.8, 4) is 0 Å². The maximum Gasteiger partial charge on any atom is 0.302 e. The highest BCUT2D eigenvalue weighted by molar-refractivity contribution is 6.04. The van der Waals surface area contributed by atoms with Crippen LogP contribution in [-0.4, -0.2) is 34.7 Å². The lowest BCUT2D eigenvalue weighted by Gasteiger charge is -2.62. The molecule has 8 atom stereocenters. The second-order valence-electron chi connectivity index (χ2n) is 9.76. The lowest BCUT2D eigenvalue weighted by molar-refractivity contribution is -0.212. The maximum absolute atomic E-state index is 17.0. The van der Waals surface area contributed by atoms with Gasteiger partial charge in [0.1, 0.15) is 6.10 Å². The maximum atomic E-state index is 17.0. The number of hydrogen-bond acceptors (Lipinski definition) is 4. The van der Waals surface area contributed by atoms with E-state index in [4.69, 9.17) is 4.74 Å². The van der Waals surface area contributed by atoms with Gasteiger partial charge in [0.2, 0.25) is 5.78 Å². The van der Waals surface area contributed by atoms with Gasteiger partial charge in [-0.3, -0.25) is 9.59 Å². The molecule has 4 aliphatic carbocycles. The van der Waals surface area contributed by atoms with Crippen LogP contribution in [0.5, 0.6) is 0 Å². The second kappa shape index (κ2) is 6.47. The summed E-state index contributed by atoms with van der Waals surface area (Å²) in [5.74, 6) is -2.47. The van der Waals surface area contributed by atoms with E-state index in [-0.39, 0.29) is 35.9 Å². The molecule has 0 unspecified atom stereocenters. The summed E-state index contributed by atoms with van der Waals surface area (Å²) in [5, 5.41) is 11.2. The smallest absolute Gasteiger partial charge is 0.302 e. The van der Waals surface area contributed by atoms with Crippen LogP contribution < -0.4 is 0 Å². The quantitative estimate of drug-likeness (QED) is 0.695. The molecule has 0 aromatic rings. The number of aliphatic hydroxyl groups excluding tert-OH is 1. The Morgan fingerprint density at radius 3 is 2.69 bits per heavy atom. The van der Waals surface area contributed by atoms with Gasteiger partial charge in [0.15, 0.2) is 11.5 Å². The van der Waals surface area contributed by atoms with Gasteiger partial charge in [-0.1, -0.05) is 19.9 Å². The van der Waals surface area contributed by atoms with E-state index in [9.17, 15) is 19.1 Å². The molecule has 0 saturated heterocycles. The fourth-order valence-electron chi connectivity index (χ4n) is 7.40. The summed E-state index contributed by atoms with van der Waals surface area (Å²) in [6, 6.07) is 0. The molecule has 0 spiro atoms. The summed E-state index contributed by atoms with van der Waals surface area (Å²) in [4.78, 5) is 23.6. The molecule has 4 rings (SSSR count). The lowest BCUT2D eigenvalue weighted by Crippen LogP contribution is -2.67. The molecule has 4 nitrogen and oxygen atoms in total. The number of aliphatic hydroxyl groups is 1. The Morgan fingerprint density at radius 1 is 1.38 bits per heavy atom. The van der Waals surface area contributed by atoms with Crippen LogP contribution in [0.25, 0.3) is 0 Å². The Morgan fingerprint density at radius 2 is 2.07 bits per heavy atom. The molecule has 0 aliphatic heterocycles. The van der Waals surface area contributed by atoms with E-state index in [1.807, 2.05) is 13.8 Å². The predicted molar refractivity (Wildman–Crippen MR) is 103 cm³/mol. The van der Waals surface area contributed by atoms with E-state index in [0.29, 0.717) is 25.7 Å². The third kappa shape index (κ3) is 2.44. The standard InChI is InChI=1S/C23H30F2O4/c1-5-22-11-18(28)23(25)14(16(22)10-12(2)20(22)29-13(3)26)6-7-15-19(24)17(27)8-9-21(15,23)4/h8-9,12,14,16,18,20,28H,5-7,10-11H2,1-4H3/t12-,14-,16-,18-,20+,21-,22-,23-/m0/s1. The molecular weight excluding hydrogens is 378 g/mol. The van der Waals surface area contributed by atoms with Gasteiger partial charge in [0.05, 0.1) is 6.10 Å². The van der Waals surface area contributed by atoms with Crippen LogP contribution in [0.15, 0.2) is 23.6 Å². The molecule has 3 saturated carbocycles. The van der Waals surface area contributed by atoms with E-state index in [0.717, 1.165) is 6.08 Å². The number of alkyl halides is 1. The molecule has 29 heavy (non-hydrogen) atoms. The average Bonchev–Trinajstić information content (AvgIpc) is 2.92. The van der Waals surface area contributed by atoms with Crippen LogP contribution in [0.2, 0.25) is 0 Å². The SMILES string of the molecule is CC[C@]12C[C@H](O)[C@@]3(F)[C@@H](CCC4=C(F)C(=O)C=C[C@@]43C)[C@@H]1C[C@H](C)[C@H]2OC(C)=O. The van der Waals surface area contributed by atoms with E-state index in [2.05, 4.69) is 0 Å². The first-order chi connectivity index (χ1) is 13.5. The first-order valence-electron chi connectivity index (χ1n) is 10.7. The zero-order valence-electron chi connectivity index (χ0n) is 17.5. The number of ketones is 1. The minimum Gasteiger partial charge on any atom is -0.462 e. The highest BCUT2D eigenvalue weighted by Gasteiger charge is 2.72. The van der Waals surface area contributed by atoms with Crippen molar-refractivity contribution in [2.45, 2.75) is 77.7 Å². The summed E-state index contributed by atoms with van der Waals surface area (Å²) in [6.07, 6.45) is 3.08. The summed E-state index contributed by atoms with van der Waals surface area (Å²) < 4.78 is 37.3. The molecule has 1 N–H and O–H groups in total. The van der Waals surface area contributed by atoms with E-state index in [1.54, 1.807) is 6.92 Å². The van der Waals surface area contributed by atoms with Crippen molar-refractivity contribution < 1.29 is 28.2 Å². The Labute approximate surface area is 170 Å². The van der Waals surface area contributed by atoms with Gasteiger partial charge in [-0.2, -0.15) is 0 Å². The highest BCUT2D eigenvalue weighted by atomic mass is 19.1. The van der Waals surface area contributed by atoms with Gasteiger partial charge in [-0.05, 0) is 62.5 Å². The van der Waals surface area contributed by atoms with E-state index in [1.165, 1.54) is 13.0 Å². The van der Waals surface area contributed by atoms with Gasteiger partial charge >= 0.3 is 5.97 Å². The Kier molecular flexibility index (Phi) is 4.62. The molecule has 3 fully saturated rings. The number of carbonyl (C=O) groups excluding carboxylic acids is 2. The van der Waals surface area contributed by atoms with Crippen molar-refractivity contribution in [1.82, 2.24) is 0 Å². The van der Waals surface area contributed by atoms with Crippen molar-refractivity contribution >= 4 is 11.8 Å². The average molecular weight is 408 g/mol. The molecule has 0 aromatic heterocycles. The van der Waals surface area contributed by atoms with E-state index < -0.39 is 40.1 Å². The largest absolute Gasteiger partial charge is 0.462 e. The number of halogens is 2. The van der Waals surface area contributed by atoms with Gasteiger partial charge in [0.25, 0.3) is 0 Å².